The minimum Gasteiger partial charge on any atom is -0.603 e. The molecule has 0 fully saturated rings. The first-order valence-electron chi connectivity index (χ1n) is 0.575. The van der Waals surface area contributed by atoms with Crippen molar-refractivity contribution >= 4 is 6.47 Å². The summed E-state index contributed by atoms with van der Waals surface area (Å²) in [5, 5.41) is 8.38. The molecule has 0 bridgehead atoms. The van der Waals surface area contributed by atoms with Crippen molar-refractivity contribution in [3.63, 3.8) is 0 Å². The fourth-order valence-electron chi connectivity index (χ4n) is 0. The molecule has 5 heavy (non-hydrogen) atoms. The Morgan fingerprint density at radius 1 is 1.80 bits per heavy atom. The maximum Gasteiger partial charge on any atom is 1.00 e. The fraction of sp³-hybridized carbons (Fsp3) is 0. The predicted molar refractivity (Wildman–Crippen MR) is 6.78 cm³/mol. The molecule has 0 aliphatic carbocycles. The van der Waals surface area contributed by atoms with Crippen LogP contribution in [0.5, 0.6) is 0 Å². The summed E-state index contributed by atoms with van der Waals surface area (Å²) in [5.74, 6) is 0. The van der Waals surface area contributed by atoms with Gasteiger partial charge in [-0.05, 0) is 0 Å². The van der Waals surface area contributed by atoms with E-state index >= 15 is 0 Å². The van der Waals surface area contributed by atoms with E-state index < -0.39 is 0 Å². The van der Waals surface area contributed by atoms with E-state index in [1.165, 1.54) is 0 Å². The first kappa shape index (κ1) is 9.36. The van der Waals surface area contributed by atoms with Crippen LogP contribution in [0.3, 0.4) is 0 Å². The molecule has 0 aliphatic heterocycles. The minimum absolute atomic E-state index is 0. The molecule has 0 spiro atoms. The second-order valence-electron chi connectivity index (χ2n) is 0.167. The molecule has 0 amide bonds. The molecule has 0 aliphatic rings. The van der Waals surface area contributed by atoms with Gasteiger partial charge in [0.25, 0.3) is 0 Å². The molecule has 0 saturated heterocycles. The first-order chi connectivity index (χ1) is 1.91. The van der Waals surface area contributed by atoms with Gasteiger partial charge in [-0.1, -0.05) is 0 Å². The van der Waals surface area contributed by atoms with E-state index in [2.05, 4.69) is 4.89 Å². The predicted octanol–water partition coefficient (Wildman–Crippen LogP) is -4.65. The molecule has 0 aromatic heterocycles. The van der Waals surface area contributed by atoms with Crippen molar-refractivity contribution in [3.8, 4) is 0 Å². The van der Waals surface area contributed by atoms with Crippen LogP contribution < -0.4 is 56.6 Å². The zero-order chi connectivity index (χ0) is 3.41. The quantitative estimate of drug-likeness (QED) is 0.144. The Kier molecular flexibility index (Phi) is 16.6. The summed E-state index contributed by atoms with van der Waals surface area (Å²) >= 11 is 0. The molecule has 0 heterocycles. The van der Waals surface area contributed by atoms with Gasteiger partial charge in [0.1, 0.15) is 0 Å². The summed E-state index contributed by atoms with van der Waals surface area (Å²) in [4.78, 5) is 11.0. The molecule has 4 heteroatoms. The molecule has 0 unspecified atom stereocenters. The third-order valence-corrected chi connectivity index (χ3v) is 0.0340. The molecule has 0 atom stereocenters. The van der Waals surface area contributed by atoms with Crippen LogP contribution in [0, 0.1) is 0 Å². The van der Waals surface area contributed by atoms with Gasteiger partial charge in [0.15, 0.2) is 0 Å². The maximum absolute atomic E-state index is 8.51. The zero-order valence-corrected chi connectivity index (χ0v) is 5.85. The van der Waals surface area contributed by atoms with Gasteiger partial charge in [-0.3, -0.25) is 4.89 Å². The topological polar surface area (TPSA) is 49.4 Å². The van der Waals surface area contributed by atoms with Gasteiger partial charge in [-0.2, -0.15) is 0 Å². The molecular weight excluding hydrogens is 99.1 g/mol. The van der Waals surface area contributed by atoms with Crippen LogP contribution in [0.1, 0.15) is 0 Å². The first-order valence-corrected chi connectivity index (χ1v) is 0.575. The molecule has 0 aromatic rings. The van der Waals surface area contributed by atoms with E-state index in [9.17, 15) is 0 Å². The average Bonchev–Trinajstić information content (AvgIpc) is 1.37. The van der Waals surface area contributed by atoms with Crippen LogP contribution >= 0.6 is 0 Å². The molecule has 0 aromatic carbocycles. The van der Waals surface area contributed by atoms with Crippen LogP contribution in [0.2, 0.25) is 0 Å². The number of hydrogen-bond donors (Lipinski definition) is 0. The normalized spacial score (nSPS) is 3.40. The van der Waals surface area contributed by atoms with Crippen molar-refractivity contribution in [2.45, 2.75) is 0 Å². The van der Waals surface area contributed by atoms with Crippen LogP contribution in [0.25, 0.3) is 0 Å². The third kappa shape index (κ3) is 11.3. The Morgan fingerprint density at radius 2 is 2.00 bits per heavy atom. The van der Waals surface area contributed by atoms with E-state index in [0.29, 0.717) is 6.47 Å². The van der Waals surface area contributed by atoms with E-state index in [1.54, 1.807) is 0 Å². The molecule has 22 valence electrons. The van der Waals surface area contributed by atoms with Crippen molar-refractivity contribution in [3.05, 3.63) is 0 Å². The van der Waals surface area contributed by atoms with Crippen LogP contribution in [0.15, 0.2) is 0 Å². The van der Waals surface area contributed by atoms with Gasteiger partial charge in [0, 0.05) is 0 Å². The molecule has 3 nitrogen and oxygen atoms in total. The third-order valence-electron chi connectivity index (χ3n) is 0.0340. The standard InChI is InChI=1S/CO3.K/c2-1-4-3;/q;+1. The second kappa shape index (κ2) is 8.88. The Labute approximate surface area is 71.7 Å². The van der Waals surface area contributed by atoms with Crippen LogP contribution in [0.4, 0.5) is 0 Å². The van der Waals surface area contributed by atoms with Crippen molar-refractivity contribution in [1.29, 1.82) is 0 Å². The van der Waals surface area contributed by atoms with Crippen molar-refractivity contribution in [2.75, 3.05) is 0 Å². The number of carbonyl (C=O) groups excluding carboxylic acids is 1. The van der Waals surface area contributed by atoms with Gasteiger partial charge < -0.3 is 5.26 Å². The summed E-state index contributed by atoms with van der Waals surface area (Å²) in [6.07, 6.45) is 0. The van der Waals surface area contributed by atoms with Crippen LogP contribution in [-0.4, -0.2) is 6.47 Å². The Balaban J connectivity index is 0. The summed E-state index contributed by atoms with van der Waals surface area (Å²) in [6, 6.07) is 0. The minimum atomic E-state index is 0. The average molecular weight is 99.1 g/mol. The fourth-order valence-corrected chi connectivity index (χ4v) is 0. The SMILES string of the molecule is O=[C+]O[O-].[K+]. The monoisotopic (exact) mass is 98.9 g/mol. The van der Waals surface area contributed by atoms with Crippen LogP contribution in [-0.2, 0) is 9.68 Å². The largest absolute Gasteiger partial charge is 1.00 e. The van der Waals surface area contributed by atoms with Gasteiger partial charge in [0.2, 0.25) is 0 Å². The number of rotatable bonds is 1. The summed E-state index contributed by atoms with van der Waals surface area (Å²) < 4.78 is 0. The molecular formula is CKO3+. The van der Waals surface area contributed by atoms with E-state index in [0.717, 1.165) is 0 Å². The molecule has 0 rings (SSSR count). The van der Waals surface area contributed by atoms with Crippen molar-refractivity contribution in [2.24, 2.45) is 0 Å². The summed E-state index contributed by atoms with van der Waals surface area (Å²) in [5.41, 5.74) is 0. The maximum atomic E-state index is 8.51. The molecule has 0 saturated carbocycles. The van der Waals surface area contributed by atoms with Crippen molar-refractivity contribution < 1.29 is 66.3 Å². The Hall–Kier alpha value is 0.976. The Bertz CT molecular complexity index is 20.9. The number of hydrogen-bond acceptors (Lipinski definition) is 3. The van der Waals surface area contributed by atoms with E-state index in [1.807, 2.05) is 0 Å². The molecule has 0 radical (unpaired) electrons. The summed E-state index contributed by atoms with van der Waals surface area (Å²) in [6.45, 7) is 0.625. The summed E-state index contributed by atoms with van der Waals surface area (Å²) in [7, 11) is 0. The van der Waals surface area contributed by atoms with Gasteiger partial charge in [-0.15, -0.1) is 0 Å². The van der Waals surface area contributed by atoms with E-state index in [4.69, 9.17) is 10.1 Å². The second-order valence-corrected chi connectivity index (χ2v) is 0.167. The van der Waals surface area contributed by atoms with E-state index in [-0.39, 0.29) is 51.4 Å². The molecule has 0 N–H and O–H groups in total. The Morgan fingerprint density at radius 3 is 2.00 bits per heavy atom. The van der Waals surface area contributed by atoms with Gasteiger partial charge in [-0.25, -0.2) is 0 Å². The van der Waals surface area contributed by atoms with Crippen molar-refractivity contribution in [1.82, 2.24) is 0 Å². The zero-order valence-electron chi connectivity index (χ0n) is 2.72. The van der Waals surface area contributed by atoms with Gasteiger partial charge in [0.05, 0.1) is 4.79 Å². The smallest absolute Gasteiger partial charge is 0.603 e. The van der Waals surface area contributed by atoms with Gasteiger partial charge >= 0.3 is 57.9 Å².